The molecule has 0 radical (unpaired) electrons. The minimum atomic E-state index is 0.412. The van der Waals surface area contributed by atoms with E-state index in [2.05, 4.69) is 16.5 Å². The van der Waals surface area contributed by atoms with Gasteiger partial charge >= 0.3 is 0 Å². The molecule has 2 N–H and O–H groups in total. The van der Waals surface area contributed by atoms with Crippen molar-refractivity contribution in [3.05, 3.63) is 47.3 Å². The fourth-order valence-electron chi connectivity index (χ4n) is 4.08. The molecule has 0 atom stereocenters. The van der Waals surface area contributed by atoms with Crippen LogP contribution in [0.4, 0.5) is 5.82 Å². The molecule has 0 aliphatic heterocycles. The average Bonchev–Trinajstić information content (AvgIpc) is 2.93. The molecule has 6 heteroatoms. The second kappa shape index (κ2) is 4.73. The number of rotatable bonds is 1. The summed E-state index contributed by atoms with van der Waals surface area (Å²) in [6.45, 7) is 3.96. The Kier molecular flexibility index (Phi) is 2.68. The van der Waals surface area contributed by atoms with E-state index >= 15 is 0 Å². The molecule has 4 aromatic heterocycles. The Morgan fingerprint density at radius 2 is 2.04 bits per heavy atom. The zero-order valence-electron chi connectivity index (χ0n) is 14.7. The topological polar surface area (TPSA) is 80.4 Å². The van der Waals surface area contributed by atoms with Crippen LogP contribution in [0.15, 0.2) is 30.5 Å². The summed E-state index contributed by atoms with van der Waals surface area (Å²) in [7, 11) is 1.65. The SMILES string of the molecule is COc1ccc2c(c1C)[n+]1c(N)c(C#N)c3nc(C)c4cccn2c4c31. The van der Waals surface area contributed by atoms with Crippen LogP contribution in [0.3, 0.4) is 0 Å². The van der Waals surface area contributed by atoms with E-state index in [1.807, 2.05) is 42.6 Å². The highest BCUT2D eigenvalue weighted by Gasteiger charge is 2.29. The highest BCUT2D eigenvalue weighted by Crippen LogP contribution is 2.34. The van der Waals surface area contributed by atoms with E-state index in [1.165, 1.54) is 0 Å². The number of ether oxygens (including phenoxy) is 1. The molecule has 0 spiro atoms. The van der Waals surface area contributed by atoms with Gasteiger partial charge in [0.25, 0.3) is 5.82 Å². The predicted octanol–water partition coefficient (Wildman–Crippen LogP) is 2.90. The molecule has 0 aliphatic carbocycles. The van der Waals surface area contributed by atoms with Gasteiger partial charge < -0.3 is 9.14 Å². The summed E-state index contributed by atoms with van der Waals surface area (Å²) in [6.07, 6.45) is 2.03. The Morgan fingerprint density at radius 3 is 2.77 bits per heavy atom. The van der Waals surface area contributed by atoms with Gasteiger partial charge in [-0.3, -0.25) is 5.73 Å². The number of aryl methyl sites for hydroxylation is 2. The van der Waals surface area contributed by atoms with E-state index in [-0.39, 0.29) is 0 Å². The monoisotopic (exact) mass is 342 g/mol. The van der Waals surface area contributed by atoms with Gasteiger partial charge in [-0.15, -0.1) is 0 Å². The maximum Gasteiger partial charge on any atom is 0.298 e. The fraction of sp³-hybridized carbons (Fsp3) is 0.150. The molecule has 0 aliphatic rings. The van der Waals surface area contributed by atoms with Crippen molar-refractivity contribution in [2.75, 3.05) is 12.8 Å². The Balaban J connectivity index is 2.28. The molecule has 5 rings (SSSR count). The van der Waals surface area contributed by atoms with Gasteiger partial charge in [-0.2, -0.15) is 9.66 Å². The first-order valence-electron chi connectivity index (χ1n) is 8.31. The Hall–Kier alpha value is -3.59. The lowest BCUT2D eigenvalue weighted by atomic mass is 10.1. The molecular formula is C20H16N5O+. The summed E-state index contributed by atoms with van der Waals surface area (Å²) in [5, 5.41) is 10.8. The number of pyridine rings is 2. The van der Waals surface area contributed by atoms with Crippen LogP contribution in [0.5, 0.6) is 5.75 Å². The number of nitriles is 1. The Morgan fingerprint density at radius 1 is 1.23 bits per heavy atom. The molecular weight excluding hydrogens is 326 g/mol. The molecule has 0 saturated heterocycles. The van der Waals surface area contributed by atoms with Crippen LogP contribution < -0.4 is 14.9 Å². The number of methoxy groups -OCH3 is 1. The lowest BCUT2D eigenvalue weighted by Crippen LogP contribution is -2.27. The van der Waals surface area contributed by atoms with Crippen molar-refractivity contribution in [2.24, 2.45) is 0 Å². The molecule has 126 valence electrons. The number of nitrogen functional groups attached to an aromatic ring is 1. The predicted molar refractivity (Wildman–Crippen MR) is 99.7 cm³/mol. The van der Waals surface area contributed by atoms with Gasteiger partial charge in [-0.25, -0.2) is 4.98 Å². The number of benzene rings is 1. The third-order valence-electron chi connectivity index (χ3n) is 5.24. The van der Waals surface area contributed by atoms with Gasteiger partial charge in [0.1, 0.15) is 22.9 Å². The zero-order chi connectivity index (χ0) is 18.2. The molecule has 0 amide bonds. The van der Waals surface area contributed by atoms with Gasteiger partial charge in [0, 0.05) is 22.8 Å². The highest BCUT2D eigenvalue weighted by atomic mass is 16.5. The van der Waals surface area contributed by atoms with Gasteiger partial charge in [0.05, 0.1) is 12.6 Å². The minimum Gasteiger partial charge on any atom is -0.496 e. The third-order valence-corrected chi connectivity index (χ3v) is 5.24. The van der Waals surface area contributed by atoms with E-state index in [4.69, 9.17) is 15.5 Å². The quantitative estimate of drug-likeness (QED) is 0.288. The lowest BCUT2D eigenvalue weighted by Gasteiger charge is -2.14. The Labute approximate surface area is 149 Å². The fourth-order valence-corrected chi connectivity index (χ4v) is 4.08. The summed E-state index contributed by atoms with van der Waals surface area (Å²) in [6, 6.07) is 10.3. The first kappa shape index (κ1) is 14.7. The normalized spacial score (nSPS) is 11.8. The summed E-state index contributed by atoms with van der Waals surface area (Å²) in [5.74, 6) is 1.19. The summed E-state index contributed by atoms with van der Waals surface area (Å²) in [5.41, 5.74) is 13.1. The molecule has 1 aromatic carbocycles. The molecule has 0 bridgehead atoms. The van der Waals surface area contributed by atoms with E-state index in [9.17, 15) is 5.26 Å². The van der Waals surface area contributed by atoms with Gasteiger partial charge in [0.15, 0.2) is 16.6 Å². The van der Waals surface area contributed by atoms with Gasteiger partial charge in [0.2, 0.25) is 0 Å². The second-order valence-electron chi connectivity index (χ2n) is 6.50. The van der Waals surface area contributed by atoms with Crippen LogP contribution in [0, 0.1) is 25.2 Å². The standard InChI is InChI=1S/C20H15N5O/c1-10-15(26-3)7-6-14-17(10)25-19-16(13(9-21)20(25)22)23-11(2)12-5-4-8-24(14)18(12)19/h4-8,22H,1-3H3/p+1. The van der Waals surface area contributed by atoms with Crippen molar-refractivity contribution in [3.8, 4) is 11.8 Å². The average molecular weight is 342 g/mol. The van der Waals surface area contributed by atoms with Crippen LogP contribution in [0.25, 0.3) is 33.0 Å². The number of anilines is 1. The molecule has 4 heterocycles. The van der Waals surface area contributed by atoms with Crippen molar-refractivity contribution in [3.63, 3.8) is 0 Å². The van der Waals surface area contributed by atoms with Crippen LogP contribution in [-0.4, -0.2) is 16.5 Å². The summed E-state index contributed by atoms with van der Waals surface area (Å²) in [4.78, 5) is 4.71. The smallest absolute Gasteiger partial charge is 0.298 e. The largest absolute Gasteiger partial charge is 0.496 e. The van der Waals surface area contributed by atoms with Crippen molar-refractivity contribution in [2.45, 2.75) is 13.8 Å². The van der Waals surface area contributed by atoms with Crippen molar-refractivity contribution >= 4 is 38.8 Å². The van der Waals surface area contributed by atoms with Crippen molar-refractivity contribution < 1.29 is 9.14 Å². The van der Waals surface area contributed by atoms with Crippen molar-refractivity contribution in [1.29, 1.82) is 5.26 Å². The summed E-state index contributed by atoms with van der Waals surface area (Å²) >= 11 is 0. The summed E-state index contributed by atoms with van der Waals surface area (Å²) < 4.78 is 9.62. The minimum absolute atomic E-state index is 0.412. The molecule has 6 nitrogen and oxygen atoms in total. The highest BCUT2D eigenvalue weighted by molar-refractivity contribution is 6.06. The van der Waals surface area contributed by atoms with Crippen LogP contribution in [-0.2, 0) is 0 Å². The lowest BCUT2D eigenvalue weighted by molar-refractivity contribution is -0.461. The van der Waals surface area contributed by atoms with Gasteiger partial charge in [-0.1, -0.05) is 0 Å². The first-order chi connectivity index (χ1) is 12.6. The van der Waals surface area contributed by atoms with E-state index in [0.29, 0.717) is 16.9 Å². The number of aromatic nitrogens is 3. The number of nitrogens with two attached hydrogens (primary N) is 1. The van der Waals surface area contributed by atoms with Crippen LogP contribution in [0.2, 0.25) is 0 Å². The van der Waals surface area contributed by atoms with Crippen LogP contribution >= 0.6 is 0 Å². The molecule has 0 saturated carbocycles. The van der Waals surface area contributed by atoms with E-state index in [0.717, 1.165) is 44.5 Å². The van der Waals surface area contributed by atoms with Crippen molar-refractivity contribution in [1.82, 2.24) is 9.38 Å². The number of hydrogen-bond donors (Lipinski definition) is 1. The maximum absolute atomic E-state index is 9.71. The maximum atomic E-state index is 9.71. The number of fused-ring (bicyclic) bond motifs is 3. The zero-order valence-corrected chi connectivity index (χ0v) is 14.7. The number of nitrogens with zero attached hydrogens (tertiary/aromatic N) is 4. The molecule has 26 heavy (non-hydrogen) atoms. The molecule has 0 unspecified atom stereocenters. The van der Waals surface area contributed by atoms with Gasteiger partial charge in [-0.05, 0) is 38.1 Å². The first-order valence-corrected chi connectivity index (χ1v) is 8.31. The molecule has 0 fully saturated rings. The number of hydrogen-bond acceptors (Lipinski definition) is 4. The molecule has 5 aromatic rings. The van der Waals surface area contributed by atoms with Crippen LogP contribution in [0.1, 0.15) is 16.8 Å². The van der Waals surface area contributed by atoms with E-state index in [1.54, 1.807) is 7.11 Å². The second-order valence-corrected chi connectivity index (χ2v) is 6.50. The third kappa shape index (κ3) is 1.51. The van der Waals surface area contributed by atoms with E-state index < -0.39 is 0 Å². The Bertz CT molecular complexity index is 1410.